The van der Waals surface area contributed by atoms with Crippen LogP contribution in [-0.4, -0.2) is 39.8 Å². The Balaban J connectivity index is 1.55. The molecule has 3 aromatic rings. The summed E-state index contributed by atoms with van der Waals surface area (Å²) in [6, 6.07) is 9.33. The molecule has 2 aromatic heterocycles. The minimum Gasteiger partial charge on any atom is -0.493 e. The van der Waals surface area contributed by atoms with E-state index in [0.717, 1.165) is 22.4 Å². The molecule has 152 valence electrons. The van der Waals surface area contributed by atoms with E-state index in [-0.39, 0.29) is 17.7 Å². The van der Waals surface area contributed by atoms with Gasteiger partial charge in [0, 0.05) is 30.1 Å². The number of Topliss-reactive ketones (excluding diaryl/α,β-unsaturated/α-hetero) is 1. The van der Waals surface area contributed by atoms with Crippen molar-refractivity contribution in [3.8, 4) is 11.5 Å². The van der Waals surface area contributed by atoms with Crippen LogP contribution in [-0.2, 0) is 4.79 Å². The van der Waals surface area contributed by atoms with Gasteiger partial charge in [0.25, 0.3) is 0 Å². The van der Waals surface area contributed by atoms with Crippen molar-refractivity contribution in [3.63, 3.8) is 0 Å². The molecule has 0 radical (unpaired) electrons. The lowest BCUT2D eigenvalue weighted by atomic mass is 9.78. The molecule has 2 aliphatic rings. The third-order valence-electron chi connectivity index (χ3n) is 5.74. The van der Waals surface area contributed by atoms with E-state index >= 15 is 0 Å². The van der Waals surface area contributed by atoms with E-state index in [9.17, 15) is 4.79 Å². The van der Waals surface area contributed by atoms with Crippen LogP contribution >= 0.6 is 0 Å². The molecular formula is C22H21N5O3. The summed E-state index contributed by atoms with van der Waals surface area (Å²) in [6.45, 7) is 0. The molecule has 1 N–H and O–H groups in total. The number of allylic oxidation sites excluding steroid dienone is 2. The van der Waals surface area contributed by atoms with Crippen LogP contribution in [0.15, 0.2) is 60.3 Å². The summed E-state index contributed by atoms with van der Waals surface area (Å²) >= 11 is 0. The van der Waals surface area contributed by atoms with Crippen molar-refractivity contribution in [2.75, 3.05) is 19.5 Å². The molecule has 3 heterocycles. The molecule has 0 amide bonds. The number of benzene rings is 1. The topological polar surface area (TPSA) is 91.2 Å². The fourth-order valence-electron chi connectivity index (χ4n) is 4.34. The van der Waals surface area contributed by atoms with E-state index in [1.165, 1.54) is 6.33 Å². The Morgan fingerprint density at radius 1 is 1.10 bits per heavy atom. The molecule has 0 bridgehead atoms. The van der Waals surface area contributed by atoms with Crippen LogP contribution in [0.25, 0.3) is 0 Å². The van der Waals surface area contributed by atoms with Crippen molar-refractivity contribution >= 4 is 11.7 Å². The Morgan fingerprint density at radius 3 is 2.73 bits per heavy atom. The number of hydrogen-bond donors (Lipinski definition) is 1. The van der Waals surface area contributed by atoms with Crippen LogP contribution in [0, 0.1) is 0 Å². The molecule has 1 aliphatic heterocycles. The van der Waals surface area contributed by atoms with Gasteiger partial charge in [0.1, 0.15) is 12.4 Å². The molecule has 0 unspecified atom stereocenters. The first-order valence-electron chi connectivity index (χ1n) is 9.74. The Morgan fingerprint density at radius 2 is 1.97 bits per heavy atom. The lowest BCUT2D eigenvalue weighted by Crippen LogP contribution is -2.33. The number of hydrogen-bond acceptors (Lipinski definition) is 7. The minimum absolute atomic E-state index is 0.0348. The van der Waals surface area contributed by atoms with Gasteiger partial charge in [0.2, 0.25) is 5.95 Å². The number of nitrogens with one attached hydrogen (secondary N) is 1. The summed E-state index contributed by atoms with van der Waals surface area (Å²) in [5.74, 6) is 2.09. The van der Waals surface area contributed by atoms with Crippen molar-refractivity contribution in [1.82, 2.24) is 19.7 Å². The standard InChI is InChI=1S/C22H21N5O3/c1-29-18-6-5-13(10-19(18)30-2)15-8-16-20(17(28)9-15)21(14-4-3-7-23-11-14)27-22(26-16)24-12-25-27/h3-7,10-12,15,21H,8-9H2,1-2H3,(H,24,25,26)/t15-,21+/m1/s1. The van der Waals surface area contributed by atoms with E-state index in [4.69, 9.17) is 9.47 Å². The molecule has 5 rings (SSSR count). The number of rotatable bonds is 4. The van der Waals surface area contributed by atoms with Crippen LogP contribution in [0.4, 0.5) is 5.95 Å². The summed E-state index contributed by atoms with van der Waals surface area (Å²) in [5.41, 5.74) is 3.58. The van der Waals surface area contributed by atoms with Crippen LogP contribution in [0.5, 0.6) is 11.5 Å². The first-order valence-corrected chi connectivity index (χ1v) is 9.74. The third kappa shape index (κ3) is 2.92. The van der Waals surface area contributed by atoms with Gasteiger partial charge in [-0.1, -0.05) is 12.1 Å². The van der Waals surface area contributed by atoms with Crippen LogP contribution in [0.2, 0.25) is 0 Å². The molecule has 1 aliphatic carbocycles. The fourth-order valence-corrected chi connectivity index (χ4v) is 4.34. The summed E-state index contributed by atoms with van der Waals surface area (Å²) in [5, 5.41) is 7.69. The highest BCUT2D eigenvalue weighted by molar-refractivity contribution is 6.00. The second kappa shape index (κ2) is 7.29. The zero-order valence-electron chi connectivity index (χ0n) is 16.7. The molecular weight excluding hydrogens is 382 g/mol. The molecule has 8 heteroatoms. The number of methoxy groups -OCH3 is 2. The third-order valence-corrected chi connectivity index (χ3v) is 5.74. The van der Waals surface area contributed by atoms with Crippen LogP contribution in [0.3, 0.4) is 0 Å². The van der Waals surface area contributed by atoms with Crippen molar-refractivity contribution in [1.29, 1.82) is 0 Å². The summed E-state index contributed by atoms with van der Waals surface area (Å²) in [6.07, 6.45) is 6.11. The van der Waals surface area contributed by atoms with Crippen molar-refractivity contribution in [2.45, 2.75) is 24.8 Å². The smallest absolute Gasteiger partial charge is 0.226 e. The number of anilines is 1. The molecule has 0 spiro atoms. The van der Waals surface area contributed by atoms with E-state index in [1.807, 2.05) is 30.3 Å². The van der Waals surface area contributed by atoms with Gasteiger partial charge in [0.05, 0.1) is 14.2 Å². The molecule has 2 atom stereocenters. The summed E-state index contributed by atoms with van der Waals surface area (Å²) in [7, 11) is 3.22. The normalized spacial score (nSPS) is 20.3. The number of pyridine rings is 1. The summed E-state index contributed by atoms with van der Waals surface area (Å²) < 4.78 is 12.5. The predicted octanol–water partition coefficient (Wildman–Crippen LogP) is 3.11. The maximum absolute atomic E-state index is 13.4. The Hall–Kier alpha value is -3.68. The van der Waals surface area contributed by atoms with E-state index in [1.54, 1.807) is 31.3 Å². The molecule has 8 nitrogen and oxygen atoms in total. The van der Waals surface area contributed by atoms with Gasteiger partial charge in [0.15, 0.2) is 17.3 Å². The maximum atomic E-state index is 13.4. The second-order valence-corrected chi connectivity index (χ2v) is 7.38. The quantitative estimate of drug-likeness (QED) is 0.716. The van der Waals surface area contributed by atoms with Gasteiger partial charge >= 0.3 is 0 Å². The van der Waals surface area contributed by atoms with E-state index < -0.39 is 0 Å². The first kappa shape index (κ1) is 18.4. The molecule has 0 fully saturated rings. The zero-order chi connectivity index (χ0) is 20.7. The van der Waals surface area contributed by atoms with Gasteiger partial charge in [-0.2, -0.15) is 10.1 Å². The highest BCUT2D eigenvalue weighted by Crippen LogP contribution is 2.44. The maximum Gasteiger partial charge on any atom is 0.226 e. The highest BCUT2D eigenvalue weighted by atomic mass is 16.5. The van der Waals surface area contributed by atoms with E-state index in [0.29, 0.717) is 30.3 Å². The number of carbonyl (C=O) groups is 1. The lowest BCUT2D eigenvalue weighted by Gasteiger charge is -2.35. The molecule has 0 saturated heterocycles. The van der Waals surface area contributed by atoms with Crippen molar-refractivity contribution < 1.29 is 14.3 Å². The molecule has 0 saturated carbocycles. The first-order chi connectivity index (χ1) is 14.7. The van der Waals surface area contributed by atoms with Gasteiger partial charge in [-0.25, -0.2) is 4.68 Å². The van der Waals surface area contributed by atoms with Crippen molar-refractivity contribution in [3.05, 3.63) is 71.4 Å². The van der Waals surface area contributed by atoms with Crippen LogP contribution in [0.1, 0.15) is 35.9 Å². The van der Waals surface area contributed by atoms with Crippen molar-refractivity contribution in [2.24, 2.45) is 0 Å². The van der Waals surface area contributed by atoms with E-state index in [2.05, 4.69) is 20.4 Å². The second-order valence-electron chi connectivity index (χ2n) is 7.38. The number of carbonyl (C=O) groups excluding carboxylic acids is 1. The number of aromatic nitrogens is 4. The van der Waals surface area contributed by atoms with Gasteiger partial charge in [-0.3, -0.25) is 9.78 Å². The van der Waals surface area contributed by atoms with Gasteiger partial charge in [-0.05, 0) is 41.7 Å². The Labute approximate surface area is 173 Å². The largest absolute Gasteiger partial charge is 0.493 e. The Bertz CT molecular complexity index is 1140. The highest BCUT2D eigenvalue weighted by Gasteiger charge is 2.39. The average molecular weight is 403 g/mol. The number of ketones is 1. The SMILES string of the molecule is COc1ccc([C@H]2CC(=O)C3=C(C2)Nc2ncnn2[C@H]3c2cccnc2)cc1OC. The molecule has 30 heavy (non-hydrogen) atoms. The lowest BCUT2D eigenvalue weighted by molar-refractivity contribution is -0.116. The summed E-state index contributed by atoms with van der Waals surface area (Å²) in [4.78, 5) is 21.9. The minimum atomic E-state index is -0.327. The van der Waals surface area contributed by atoms with Gasteiger partial charge < -0.3 is 14.8 Å². The predicted molar refractivity (Wildman–Crippen MR) is 110 cm³/mol. The fraction of sp³-hybridized carbons (Fsp3) is 0.273. The number of ether oxygens (including phenoxy) is 2. The average Bonchev–Trinajstić information content (AvgIpc) is 3.25. The molecule has 1 aromatic carbocycles. The van der Waals surface area contributed by atoms with Gasteiger partial charge in [-0.15, -0.1) is 0 Å². The number of nitrogens with zero attached hydrogens (tertiary/aromatic N) is 4. The monoisotopic (exact) mass is 403 g/mol. The van der Waals surface area contributed by atoms with Crippen LogP contribution < -0.4 is 14.8 Å². The zero-order valence-corrected chi connectivity index (χ0v) is 16.7. The number of fused-ring (bicyclic) bond motifs is 1. The Kier molecular flexibility index (Phi) is 4.46.